The van der Waals surface area contributed by atoms with Gasteiger partial charge in [0.15, 0.2) is 11.6 Å². The zero-order valence-electron chi connectivity index (χ0n) is 9.33. The van der Waals surface area contributed by atoms with Crippen molar-refractivity contribution in [3.8, 4) is 0 Å². The molecule has 1 heterocycles. The number of hydrogen-bond acceptors (Lipinski definition) is 5. The fourth-order valence-corrected chi connectivity index (χ4v) is 1.39. The van der Waals surface area contributed by atoms with Crippen molar-refractivity contribution in [2.45, 2.75) is 32.4 Å². The molecule has 0 aromatic carbocycles. The summed E-state index contributed by atoms with van der Waals surface area (Å²) in [6.07, 6.45) is 1.73. The molecule has 0 aromatic rings. The SMILES string of the molecule is CCC1(CC)N=C(N)NC(N(C)C)=N1. The third-order valence-electron chi connectivity index (χ3n) is 2.44. The number of nitrogens with one attached hydrogen (secondary N) is 1. The lowest BCUT2D eigenvalue weighted by Crippen LogP contribution is -2.50. The molecule has 14 heavy (non-hydrogen) atoms. The molecular formula is C9H19N5. The first-order valence-corrected chi connectivity index (χ1v) is 4.92. The van der Waals surface area contributed by atoms with Crippen LogP contribution in [0.2, 0.25) is 0 Å². The molecule has 80 valence electrons. The van der Waals surface area contributed by atoms with Crippen LogP contribution in [0, 0.1) is 0 Å². The number of guanidine groups is 2. The van der Waals surface area contributed by atoms with Crippen LogP contribution in [0.5, 0.6) is 0 Å². The predicted molar refractivity (Wildman–Crippen MR) is 59.2 cm³/mol. The summed E-state index contributed by atoms with van der Waals surface area (Å²) in [5.41, 5.74) is 5.35. The van der Waals surface area contributed by atoms with Crippen molar-refractivity contribution in [1.82, 2.24) is 10.2 Å². The van der Waals surface area contributed by atoms with Crippen LogP contribution >= 0.6 is 0 Å². The molecule has 3 N–H and O–H groups in total. The molecule has 0 aliphatic carbocycles. The van der Waals surface area contributed by atoms with Crippen molar-refractivity contribution in [2.24, 2.45) is 15.7 Å². The van der Waals surface area contributed by atoms with Gasteiger partial charge in [-0.05, 0) is 12.8 Å². The largest absolute Gasteiger partial charge is 0.370 e. The molecule has 0 amide bonds. The van der Waals surface area contributed by atoms with Crippen LogP contribution in [0.3, 0.4) is 0 Å². The third kappa shape index (κ3) is 1.97. The Labute approximate surface area is 85.1 Å². The summed E-state index contributed by atoms with van der Waals surface area (Å²) in [5, 5.41) is 2.94. The van der Waals surface area contributed by atoms with Crippen LogP contribution in [0.25, 0.3) is 0 Å². The molecule has 1 aliphatic heterocycles. The quantitative estimate of drug-likeness (QED) is 0.671. The molecule has 0 fully saturated rings. The van der Waals surface area contributed by atoms with E-state index < -0.39 is 0 Å². The maximum Gasteiger partial charge on any atom is 0.202 e. The second kappa shape index (κ2) is 3.86. The van der Waals surface area contributed by atoms with Crippen molar-refractivity contribution in [3.05, 3.63) is 0 Å². The number of aliphatic imine (C=N–C) groups is 2. The summed E-state index contributed by atoms with van der Waals surface area (Å²) in [6, 6.07) is 0. The van der Waals surface area contributed by atoms with Gasteiger partial charge in [0, 0.05) is 14.1 Å². The molecule has 0 atom stereocenters. The molecule has 0 radical (unpaired) electrons. The monoisotopic (exact) mass is 197 g/mol. The number of nitrogens with two attached hydrogens (primary N) is 1. The Morgan fingerprint density at radius 1 is 1.29 bits per heavy atom. The van der Waals surface area contributed by atoms with E-state index in [2.05, 4.69) is 29.1 Å². The van der Waals surface area contributed by atoms with Crippen LogP contribution in [0.4, 0.5) is 0 Å². The lowest BCUT2D eigenvalue weighted by atomic mass is 10.1. The summed E-state index contributed by atoms with van der Waals surface area (Å²) in [4.78, 5) is 10.8. The van der Waals surface area contributed by atoms with Crippen molar-refractivity contribution >= 4 is 11.9 Å². The molecule has 5 heteroatoms. The second-order valence-corrected chi connectivity index (χ2v) is 3.64. The number of nitrogens with zero attached hydrogens (tertiary/aromatic N) is 3. The standard InChI is InChI=1S/C9H19N5/c1-5-9(6-2)12-7(10)11-8(13-9)14(3)4/h5-6H2,1-4H3,(H3,10,11,12,13). The molecular weight excluding hydrogens is 178 g/mol. The van der Waals surface area contributed by atoms with Gasteiger partial charge in [0.05, 0.1) is 0 Å². The first-order chi connectivity index (χ1) is 6.53. The highest BCUT2D eigenvalue weighted by Crippen LogP contribution is 2.24. The van der Waals surface area contributed by atoms with E-state index in [1.165, 1.54) is 0 Å². The van der Waals surface area contributed by atoms with Gasteiger partial charge in [0.25, 0.3) is 0 Å². The van der Waals surface area contributed by atoms with Gasteiger partial charge < -0.3 is 10.6 Å². The third-order valence-corrected chi connectivity index (χ3v) is 2.44. The van der Waals surface area contributed by atoms with Gasteiger partial charge in [0.1, 0.15) is 0 Å². The van der Waals surface area contributed by atoms with Crippen molar-refractivity contribution in [1.29, 1.82) is 0 Å². The zero-order valence-corrected chi connectivity index (χ0v) is 9.33. The van der Waals surface area contributed by atoms with Crippen LogP contribution in [-0.2, 0) is 0 Å². The topological polar surface area (TPSA) is 66.0 Å². The Hall–Kier alpha value is -1.26. The molecule has 0 aromatic heterocycles. The normalized spacial score (nSPS) is 19.4. The summed E-state index contributed by atoms with van der Waals surface area (Å²) in [5.74, 6) is 1.23. The fraction of sp³-hybridized carbons (Fsp3) is 0.778. The zero-order chi connectivity index (χ0) is 10.8. The molecule has 5 nitrogen and oxygen atoms in total. The Morgan fingerprint density at radius 2 is 1.86 bits per heavy atom. The minimum absolute atomic E-state index is 0.366. The Balaban J connectivity index is 2.99. The Kier molecular flexibility index (Phi) is 2.98. The fourth-order valence-electron chi connectivity index (χ4n) is 1.39. The van der Waals surface area contributed by atoms with Gasteiger partial charge in [0.2, 0.25) is 5.96 Å². The van der Waals surface area contributed by atoms with E-state index in [0.29, 0.717) is 5.96 Å². The minimum Gasteiger partial charge on any atom is -0.370 e. The van der Waals surface area contributed by atoms with Gasteiger partial charge in [-0.15, -0.1) is 0 Å². The van der Waals surface area contributed by atoms with Crippen LogP contribution < -0.4 is 11.1 Å². The molecule has 1 aliphatic rings. The highest BCUT2D eigenvalue weighted by Gasteiger charge is 2.29. The summed E-state index contributed by atoms with van der Waals surface area (Å²) in [7, 11) is 3.86. The van der Waals surface area contributed by atoms with Crippen LogP contribution in [0.1, 0.15) is 26.7 Å². The number of rotatable bonds is 2. The van der Waals surface area contributed by atoms with Gasteiger partial charge in [-0.3, -0.25) is 5.32 Å². The number of hydrogen-bond donors (Lipinski definition) is 2. The van der Waals surface area contributed by atoms with E-state index in [1.807, 2.05) is 19.0 Å². The van der Waals surface area contributed by atoms with E-state index in [9.17, 15) is 0 Å². The van der Waals surface area contributed by atoms with E-state index >= 15 is 0 Å². The highest BCUT2D eigenvalue weighted by molar-refractivity contribution is 5.99. The molecule has 0 unspecified atom stereocenters. The molecule has 0 saturated carbocycles. The van der Waals surface area contributed by atoms with E-state index in [4.69, 9.17) is 5.73 Å². The molecule has 0 spiro atoms. The van der Waals surface area contributed by atoms with Crippen molar-refractivity contribution in [2.75, 3.05) is 14.1 Å². The van der Waals surface area contributed by atoms with Gasteiger partial charge in [-0.25, -0.2) is 9.98 Å². The summed E-state index contributed by atoms with van der Waals surface area (Å²) < 4.78 is 0. The first kappa shape index (κ1) is 10.8. The first-order valence-electron chi connectivity index (χ1n) is 4.92. The lowest BCUT2D eigenvalue weighted by Gasteiger charge is -2.31. The van der Waals surface area contributed by atoms with E-state index in [1.54, 1.807) is 0 Å². The summed E-state index contributed by atoms with van der Waals surface area (Å²) >= 11 is 0. The van der Waals surface area contributed by atoms with E-state index in [0.717, 1.165) is 18.8 Å². The molecule has 0 bridgehead atoms. The molecule has 0 saturated heterocycles. The maximum absolute atomic E-state index is 5.72. The highest BCUT2D eigenvalue weighted by atomic mass is 15.4. The van der Waals surface area contributed by atoms with Gasteiger partial charge in [-0.2, -0.15) is 0 Å². The Morgan fingerprint density at radius 3 is 2.29 bits per heavy atom. The minimum atomic E-state index is -0.366. The Bertz CT molecular complexity index is 262. The van der Waals surface area contributed by atoms with Crippen LogP contribution in [-0.4, -0.2) is 36.6 Å². The average molecular weight is 197 g/mol. The molecule has 1 rings (SSSR count). The smallest absolute Gasteiger partial charge is 0.202 e. The van der Waals surface area contributed by atoms with Crippen molar-refractivity contribution in [3.63, 3.8) is 0 Å². The van der Waals surface area contributed by atoms with Crippen molar-refractivity contribution < 1.29 is 0 Å². The van der Waals surface area contributed by atoms with Gasteiger partial charge in [-0.1, -0.05) is 13.8 Å². The predicted octanol–water partition coefficient (Wildman–Crippen LogP) is 0.338. The van der Waals surface area contributed by atoms with Crippen LogP contribution in [0.15, 0.2) is 9.98 Å². The van der Waals surface area contributed by atoms with Gasteiger partial charge >= 0.3 is 0 Å². The second-order valence-electron chi connectivity index (χ2n) is 3.64. The lowest BCUT2D eigenvalue weighted by molar-refractivity contribution is 0.400. The maximum atomic E-state index is 5.72. The summed E-state index contributed by atoms with van der Waals surface area (Å²) in [6.45, 7) is 4.14. The van der Waals surface area contributed by atoms with E-state index in [-0.39, 0.29) is 5.66 Å². The average Bonchev–Trinajstić information content (AvgIpc) is 2.16.